The van der Waals surface area contributed by atoms with Gasteiger partial charge in [0.2, 0.25) is 0 Å². The van der Waals surface area contributed by atoms with E-state index in [9.17, 15) is 18.8 Å². The summed E-state index contributed by atoms with van der Waals surface area (Å²) in [4.78, 5) is 11.3. The molecule has 4 N–H and O–H groups in total. The summed E-state index contributed by atoms with van der Waals surface area (Å²) in [7, 11) is 0. The maximum absolute atomic E-state index is 14.0. The van der Waals surface area contributed by atoms with E-state index in [0.717, 1.165) is 27.6 Å². The highest BCUT2D eigenvalue weighted by molar-refractivity contribution is 7.90. The average Bonchev–Trinajstić information content (AvgIpc) is 3.38. The SMILES string of the molecule is CC(C)(C)[S@@+]([O-])N[C@@H](CF)c1cccc(-c2cc(COc3cc(CN)ccc3CC(=O)O)cc3ccoc23)c1. The Morgan fingerprint density at radius 1 is 1.15 bits per heavy atom. The van der Waals surface area contributed by atoms with Gasteiger partial charge in [0.1, 0.15) is 35.4 Å². The molecule has 0 radical (unpaired) electrons. The summed E-state index contributed by atoms with van der Waals surface area (Å²) in [6.07, 6.45) is 1.44. The molecular weight excluding hydrogens is 519 g/mol. The summed E-state index contributed by atoms with van der Waals surface area (Å²) >= 11 is -1.44. The Balaban J connectivity index is 1.65. The minimum absolute atomic E-state index is 0.164. The van der Waals surface area contributed by atoms with Crippen molar-refractivity contribution in [2.24, 2.45) is 5.73 Å². The van der Waals surface area contributed by atoms with Crippen LogP contribution in [-0.4, -0.2) is 27.1 Å². The molecule has 9 heteroatoms. The van der Waals surface area contributed by atoms with Crippen LogP contribution >= 0.6 is 0 Å². The number of fused-ring (bicyclic) bond motifs is 1. The van der Waals surface area contributed by atoms with Gasteiger partial charge in [-0.15, -0.1) is 4.72 Å². The number of halogens is 1. The third-order valence-corrected chi connectivity index (χ3v) is 7.88. The lowest BCUT2D eigenvalue weighted by molar-refractivity contribution is -0.136. The topological polar surface area (TPSA) is 121 Å². The van der Waals surface area contributed by atoms with E-state index in [-0.39, 0.29) is 13.0 Å². The van der Waals surface area contributed by atoms with Gasteiger partial charge in [-0.3, -0.25) is 4.79 Å². The molecule has 0 spiro atoms. The largest absolute Gasteiger partial charge is 0.598 e. The number of furan rings is 1. The first-order valence-electron chi connectivity index (χ1n) is 12.6. The number of aliphatic carboxylic acids is 1. The molecule has 0 unspecified atom stereocenters. The number of benzene rings is 3. The first-order valence-corrected chi connectivity index (χ1v) is 13.7. The fourth-order valence-corrected chi connectivity index (χ4v) is 5.00. The van der Waals surface area contributed by atoms with Crippen molar-refractivity contribution in [2.45, 2.75) is 51.1 Å². The van der Waals surface area contributed by atoms with Crippen LogP contribution < -0.4 is 15.2 Å². The van der Waals surface area contributed by atoms with Crippen LogP contribution in [0.25, 0.3) is 22.1 Å². The Morgan fingerprint density at radius 2 is 1.95 bits per heavy atom. The maximum Gasteiger partial charge on any atom is 0.307 e. The molecule has 0 aliphatic carbocycles. The summed E-state index contributed by atoms with van der Waals surface area (Å²) in [6.45, 7) is 5.28. The molecule has 7 nitrogen and oxygen atoms in total. The lowest BCUT2D eigenvalue weighted by atomic mass is 9.97. The van der Waals surface area contributed by atoms with Gasteiger partial charge in [-0.2, -0.15) is 0 Å². The van der Waals surface area contributed by atoms with Crippen molar-refractivity contribution in [3.05, 3.63) is 89.2 Å². The van der Waals surface area contributed by atoms with Gasteiger partial charge in [0.05, 0.1) is 12.7 Å². The van der Waals surface area contributed by atoms with Crippen LogP contribution in [0.1, 0.15) is 49.1 Å². The summed E-state index contributed by atoms with van der Waals surface area (Å²) in [6, 6.07) is 17.7. The van der Waals surface area contributed by atoms with E-state index in [1.54, 1.807) is 30.5 Å². The Kier molecular flexibility index (Phi) is 8.97. The van der Waals surface area contributed by atoms with Crippen LogP contribution in [0, 0.1) is 0 Å². The zero-order valence-electron chi connectivity index (χ0n) is 22.2. The summed E-state index contributed by atoms with van der Waals surface area (Å²) in [5.41, 5.74) is 11.0. The molecule has 0 aliphatic heterocycles. The standard InChI is InChI=1S/C30H33FN2O5S/c1-30(2,3)39(36)33-26(16-31)22-6-4-5-21(14-22)25-12-20(11-24-9-10-37-29(24)25)18-38-27-13-19(17-32)7-8-23(27)15-28(34)35/h4-14,26,33H,15-18,32H2,1-3H3,(H,34,35)/t26-,39+/m0/s1. The monoisotopic (exact) mass is 552 g/mol. The number of hydrogen-bond donors (Lipinski definition) is 3. The molecule has 0 bridgehead atoms. The lowest BCUT2D eigenvalue weighted by Gasteiger charge is -2.27. The van der Waals surface area contributed by atoms with Gasteiger partial charge >= 0.3 is 5.97 Å². The third-order valence-electron chi connectivity index (χ3n) is 6.27. The van der Waals surface area contributed by atoms with Crippen molar-refractivity contribution in [1.82, 2.24) is 4.72 Å². The molecule has 0 fully saturated rings. The second-order valence-electron chi connectivity index (χ2n) is 10.3. The van der Waals surface area contributed by atoms with Crippen molar-refractivity contribution in [2.75, 3.05) is 6.67 Å². The van der Waals surface area contributed by atoms with Gasteiger partial charge in [-0.1, -0.05) is 30.3 Å². The number of ether oxygens (including phenoxy) is 1. The van der Waals surface area contributed by atoms with Crippen molar-refractivity contribution >= 4 is 28.3 Å². The van der Waals surface area contributed by atoms with E-state index < -0.39 is 34.8 Å². The lowest BCUT2D eigenvalue weighted by Crippen LogP contribution is -2.41. The van der Waals surface area contributed by atoms with Crippen molar-refractivity contribution in [1.29, 1.82) is 0 Å². The van der Waals surface area contributed by atoms with Crippen LogP contribution in [-0.2, 0) is 35.7 Å². The molecule has 39 heavy (non-hydrogen) atoms. The van der Waals surface area contributed by atoms with Crippen LogP contribution in [0.2, 0.25) is 0 Å². The fourth-order valence-electron chi connectivity index (χ4n) is 4.19. The normalized spacial score (nSPS) is 13.4. The molecule has 3 aromatic carbocycles. The Labute approximate surface area is 230 Å². The Morgan fingerprint density at radius 3 is 2.64 bits per heavy atom. The molecule has 4 rings (SSSR count). The Bertz CT molecular complexity index is 1450. The molecule has 206 valence electrons. The fraction of sp³-hybridized carbons (Fsp3) is 0.300. The van der Waals surface area contributed by atoms with E-state index in [0.29, 0.717) is 29.0 Å². The number of nitrogens with two attached hydrogens (primary N) is 1. The van der Waals surface area contributed by atoms with Crippen molar-refractivity contribution in [3.63, 3.8) is 0 Å². The number of nitrogens with one attached hydrogen (secondary N) is 1. The van der Waals surface area contributed by atoms with E-state index in [2.05, 4.69) is 4.72 Å². The van der Waals surface area contributed by atoms with Gasteiger partial charge in [0.25, 0.3) is 0 Å². The zero-order chi connectivity index (χ0) is 28.2. The summed E-state index contributed by atoms with van der Waals surface area (Å²) in [5.74, 6) is -0.477. The molecule has 2 atom stereocenters. The number of alkyl halides is 1. The van der Waals surface area contributed by atoms with E-state index >= 15 is 0 Å². The quantitative estimate of drug-likeness (QED) is 0.200. The van der Waals surface area contributed by atoms with Crippen molar-refractivity contribution < 1.29 is 28.0 Å². The van der Waals surface area contributed by atoms with E-state index in [1.807, 2.05) is 57.2 Å². The second kappa shape index (κ2) is 12.2. The summed E-state index contributed by atoms with van der Waals surface area (Å²) in [5, 5.41) is 10.2. The van der Waals surface area contributed by atoms with E-state index in [4.69, 9.17) is 14.9 Å². The van der Waals surface area contributed by atoms with Gasteiger partial charge in [0.15, 0.2) is 0 Å². The molecule has 0 saturated heterocycles. The third kappa shape index (κ3) is 6.99. The van der Waals surface area contributed by atoms with Gasteiger partial charge in [0, 0.05) is 34.4 Å². The predicted octanol–water partition coefficient (Wildman–Crippen LogP) is 5.83. The minimum atomic E-state index is -1.44. The van der Waals surface area contributed by atoms with Crippen LogP contribution in [0.15, 0.2) is 71.3 Å². The predicted molar refractivity (Wildman–Crippen MR) is 151 cm³/mol. The second-order valence-corrected chi connectivity index (χ2v) is 12.3. The molecule has 0 aliphatic rings. The minimum Gasteiger partial charge on any atom is -0.598 e. The number of carboxylic acids is 1. The highest BCUT2D eigenvalue weighted by atomic mass is 32.2. The number of carboxylic acid groups (broad SMARTS) is 1. The first-order chi connectivity index (χ1) is 18.6. The molecule has 1 heterocycles. The van der Waals surface area contributed by atoms with Crippen molar-refractivity contribution in [3.8, 4) is 16.9 Å². The smallest absolute Gasteiger partial charge is 0.307 e. The first kappa shape index (κ1) is 28.6. The molecule has 0 saturated carbocycles. The highest BCUT2D eigenvalue weighted by Gasteiger charge is 2.30. The van der Waals surface area contributed by atoms with Crippen LogP contribution in [0.3, 0.4) is 0 Å². The number of carbonyl (C=O) groups is 1. The molecule has 4 aromatic rings. The zero-order valence-corrected chi connectivity index (χ0v) is 23.0. The number of hydrogen-bond acceptors (Lipinski definition) is 6. The van der Waals surface area contributed by atoms with Gasteiger partial charge < -0.3 is 24.5 Å². The molecule has 1 aromatic heterocycles. The average molecular weight is 553 g/mol. The maximum atomic E-state index is 14.0. The van der Waals surface area contributed by atoms with Crippen LogP contribution in [0.5, 0.6) is 5.75 Å². The molecule has 0 amide bonds. The van der Waals surface area contributed by atoms with E-state index in [1.165, 1.54) is 0 Å². The van der Waals surface area contributed by atoms with Crippen LogP contribution in [0.4, 0.5) is 4.39 Å². The molecular formula is C30H33FN2O5S. The highest BCUT2D eigenvalue weighted by Crippen LogP contribution is 2.34. The van der Waals surface area contributed by atoms with Gasteiger partial charge in [-0.05, 0) is 73.4 Å². The van der Waals surface area contributed by atoms with Gasteiger partial charge in [-0.25, -0.2) is 4.39 Å². The Hall–Kier alpha value is -3.37. The summed E-state index contributed by atoms with van der Waals surface area (Å²) < 4.78 is 40.9. The number of rotatable bonds is 11.